The van der Waals surface area contributed by atoms with Crippen LogP contribution in [0.15, 0.2) is 0 Å². The second kappa shape index (κ2) is 8.70. The highest BCUT2D eigenvalue weighted by Crippen LogP contribution is 2.27. The largest absolute Gasteiger partial charge is 0.347 e. The highest BCUT2D eigenvalue weighted by Gasteiger charge is 2.29. The van der Waals surface area contributed by atoms with Crippen molar-refractivity contribution in [2.75, 3.05) is 13.1 Å². The predicted molar refractivity (Wildman–Crippen MR) is 92.9 cm³/mol. The first-order valence-corrected chi connectivity index (χ1v) is 9.53. The van der Waals surface area contributed by atoms with E-state index in [4.69, 9.17) is 0 Å². The number of amides is 2. The molecule has 1 heterocycles. The molecular formula is C19H34N2O2. The van der Waals surface area contributed by atoms with Gasteiger partial charge >= 0.3 is 0 Å². The Morgan fingerprint density at radius 1 is 1.09 bits per heavy atom. The summed E-state index contributed by atoms with van der Waals surface area (Å²) in [5.41, 5.74) is 0. The van der Waals surface area contributed by atoms with Gasteiger partial charge in [0.2, 0.25) is 11.8 Å². The Balaban J connectivity index is 1.83. The molecule has 0 spiro atoms. The molecule has 2 atom stereocenters. The van der Waals surface area contributed by atoms with Crippen LogP contribution in [0.5, 0.6) is 0 Å². The van der Waals surface area contributed by atoms with Crippen LogP contribution in [0.25, 0.3) is 0 Å². The Morgan fingerprint density at radius 3 is 2.43 bits per heavy atom. The van der Waals surface area contributed by atoms with Crippen LogP contribution in [-0.4, -0.2) is 35.8 Å². The van der Waals surface area contributed by atoms with Crippen molar-refractivity contribution in [3.63, 3.8) is 0 Å². The van der Waals surface area contributed by atoms with Crippen molar-refractivity contribution in [3.8, 4) is 0 Å². The molecule has 2 unspecified atom stereocenters. The summed E-state index contributed by atoms with van der Waals surface area (Å²) in [6, 6.07) is 0.319. The smallest absolute Gasteiger partial charge is 0.242 e. The molecule has 2 amide bonds. The normalized spacial score (nSPS) is 26.3. The number of carbonyl (C=O) groups excluding carboxylic acids is 2. The molecule has 1 N–H and O–H groups in total. The van der Waals surface area contributed by atoms with Crippen molar-refractivity contribution in [3.05, 3.63) is 0 Å². The van der Waals surface area contributed by atoms with Gasteiger partial charge in [0.1, 0.15) is 0 Å². The van der Waals surface area contributed by atoms with E-state index >= 15 is 0 Å². The fourth-order valence-corrected chi connectivity index (χ4v) is 4.11. The molecule has 1 saturated carbocycles. The van der Waals surface area contributed by atoms with E-state index in [1.165, 1.54) is 32.1 Å². The third kappa shape index (κ3) is 5.50. The van der Waals surface area contributed by atoms with E-state index in [0.717, 1.165) is 19.4 Å². The number of likely N-dealkylation sites (tertiary alicyclic amines) is 1. The summed E-state index contributed by atoms with van der Waals surface area (Å²) in [7, 11) is 0. The lowest BCUT2D eigenvalue weighted by Gasteiger charge is -2.33. The zero-order valence-electron chi connectivity index (χ0n) is 15.1. The van der Waals surface area contributed by atoms with Crippen molar-refractivity contribution in [2.45, 2.75) is 78.2 Å². The Labute approximate surface area is 141 Å². The molecule has 23 heavy (non-hydrogen) atoms. The van der Waals surface area contributed by atoms with Crippen LogP contribution >= 0.6 is 0 Å². The van der Waals surface area contributed by atoms with Crippen molar-refractivity contribution >= 4 is 11.8 Å². The van der Waals surface area contributed by atoms with Gasteiger partial charge in [-0.2, -0.15) is 0 Å². The van der Waals surface area contributed by atoms with Crippen molar-refractivity contribution in [1.29, 1.82) is 0 Å². The highest BCUT2D eigenvalue weighted by molar-refractivity contribution is 5.85. The highest BCUT2D eigenvalue weighted by atomic mass is 16.2. The Kier molecular flexibility index (Phi) is 6.91. The van der Waals surface area contributed by atoms with E-state index < -0.39 is 0 Å². The molecular weight excluding hydrogens is 288 g/mol. The minimum atomic E-state index is 0.0505. The van der Waals surface area contributed by atoms with Crippen LogP contribution in [0.1, 0.15) is 72.1 Å². The molecule has 4 nitrogen and oxygen atoms in total. The molecule has 0 radical (unpaired) electrons. The minimum absolute atomic E-state index is 0.0505. The molecule has 2 aliphatic rings. The summed E-state index contributed by atoms with van der Waals surface area (Å²) in [4.78, 5) is 26.7. The van der Waals surface area contributed by atoms with Gasteiger partial charge in [-0.15, -0.1) is 0 Å². The van der Waals surface area contributed by atoms with Crippen molar-refractivity contribution < 1.29 is 9.59 Å². The summed E-state index contributed by atoms with van der Waals surface area (Å²) in [6.45, 7) is 7.67. The molecule has 0 aromatic heterocycles. The average molecular weight is 322 g/mol. The van der Waals surface area contributed by atoms with Crippen LogP contribution in [0.4, 0.5) is 0 Å². The summed E-state index contributed by atoms with van der Waals surface area (Å²) < 4.78 is 0. The topological polar surface area (TPSA) is 49.4 Å². The summed E-state index contributed by atoms with van der Waals surface area (Å²) in [5, 5.41) is 2.87. The Bertz CT molecular complexity index is 402. The Hall–Kier alpha value is -1.06. The first-order chi connectivity index (χ1) is 11.0. The second-order valence-electron chi connectivity index (χ2n) is 8.00. The molecule has 0 bridgehead atoms. The molecule has 1 aliphatic carbocycles. The van der Waals surface area contributed by atoms with E-state index in [1.807, 2.05) is 4.90 Å². The average Bonchev–Trinajstić information content (AvgIpc) is 2.92. The lowest BCUT2D eigenvalue weighted by molar-refractivity contribution is -0.135. The van der Waals surface area contributed by atoms with Gasteiger partial charge in [-0.25, -0.2) is 0 Å². The maximum atomic E-state index is 12.6. The molecule has 4 heteroatoms. The number of hydrogen-bond donors (Lipinski definition) is 1. The van der Waals surface area contributed by atoms with Crippen LogP contribution in [0, 0.1) is 17.8 Å². The molecule has 0 aromatic rings. The summed E-state index contributed by atoms with van der Waals surface area (Å²) in [6.07, 6.45) is 8.78. The lowest BCUT2D eigenvalue weighted by atomic mass is 9.95. The van der Waals surface area contributed by atoms with E-state index in [2.05, 4.69) is 26.1 Å². The number of nitrogens with one attached hydrogen (secondary N) is 1. The first-order valence-electron chi connectivity index (χ1n) is 9.53. The van der Waals surface area contributed by atoms with Gasteiger partial charge in [0, 0.05) is 19.0 Å². The standard InChI is InChI=1S/C19H34N2O2/c1-14(2)17-9-8-15(3)10-11-21(17)19(23)13-20-18(22)12-16-6-4-5-7-16/h14-17H,4-13H2,1-3H3,(H,20,22). The fraction of sp³-hybridized carbons (Fsp3) is 0.895. The van der Waals surface area contributed by atoms with Gasteiger partial charge in [0.25, 0.3) is 0 Å². The van der Waals surface area contributed by atoms with E-state index in [9.17, 15) is 9.59 Å². The Morgan fingerprint density at radius 2 is 1.78 bits per heavy atom. The van der Waals surface area contributed by atoms with Gasteiger partial charge in [-0.3, -0.25) is 9.59 Å². The zero-order chi connectivity index (χ0) is 16.8. The minimum Gasteiger partial charge on any atom is -0.347 e. The van der Waals surface area contributed by atoms with Crippen LogP contribution in [0.3, 0.4) is 0 Å². The van der Waals surface area contributed by atoms with E-state index in [-0.39, 0.29) is 18.4 Å². The molecule has 2 fully saturated rings. The van der Waals surface area contributed by atoms with E-state index in [1.54, 1.807) is 0 Å². The number of nitrogens with zero attached hydrogens (tertiary/aromatic N) is 1. The molecule has 0 aromatic carbocycles. The van der Waals surface area contributed by atoms with Gasteiger partial charge in [0.15, 0.2) is 0 Å². The zero-order valence-corrected chi connectivity index (χ0v) is 15.1. The van der Waals surface area contributed by atoms with Crippen molar-refractivity contribution in [2.24, 2.45) is 17.8 Å². The first kappa shape index (κ1) is 18.3. The number of hydrogen-bond acceptors (Lipinski definition) is 2. The third-order valence-corrected chi connectivity index (χ3v) is 5.69. The third-order valence-electron chi connectivity index (χ3n) is 5.69. The van der Waals surface area contributed by atoms with E-state index in [0.29, 0.717) is 30.2 Å². The fourth-order valence-electron chi connectivity index (χ4n) is 4.11. The number of carbonyl (C=O) groups is 2. The summed E-state index contributed by atoms with van der Waals surface area (Å²) >= 11 is 0. The van der Waals surface area contributed by atoms with Gasteiger partial charge in [-0.1, -0.05) is 33.6 Å². The molecule has 132 valence electrons. The predicted octanol–water partition coefficient (Wildman–Crippen LogP) is 3.36. The van der Waals surface area contributed by atoms with Crippen LogP contribution < -0.4 is 5.32 Å². The monoisotopic (exact) mass is 322 g/mol. The van der Waals surface area contributed by atoms with Crippen LogP contribution in [-0.2, 0) is 9.59 Å². The SMILES string of the molecule is CC1CCC(C(C)C)N(C(=O)CNC(=O)CC2CCCC2)CC1. The van der Waals surface area contributed by atoms with Gasteiger partial charge in [0.05, 0.1) is 6.54 Å². The summed E-state index contributed by atoms with van der Waals surface area (Å²) in [5.74, 6) is 1.84. The van der Waals surface area contributed by atoms with Gasteiger partial charge < -0.3 is 10.2 Å². The van der Waals surface area contributed by atoms with Crippen molar-refractivity contribution in [1.82, 2.24) is 10.2 Å². The van der Waals surface area contributed by atoms with Crippen LogP contribution in [0.2, 0.25) is 0 Å². The quantitative estimate of drug-likeness (QED) is 0.844. The van der Waals surface area contributed by atoms with Gasteiger partial charge in [-0.05, 0) is 49.9 Å². The maximum Gasteiger partial charge on any atom is 0.242 e. The molecule has 1 saturated heterocycles. The second-order valence-corrected chi connectivity index (χ2v) is 8.00. The number of rotatable bonds is 5. The maximum absolute atomic E-state index is 12.6. The molecule has 1 aliphatic heterocycles. The lowest BCUT2D eigenvalue weighted by Crippen LogP contribution is -2.47. The molecule has 2 rings (SSSR count).